The molecule has 0 atom stereocenters. The fraction of sp³-hybridized carbons (Fsp3) is 0.182. The van der Waals surface area contributed by atoms with Crippen LogP contribution in [0.15, 0.2) is 60.2 Å². The van der Waals surface area contributed by atoms with E-state index in [0.717, 1.165) is 16.9 Å². The smallest absolute Gasteiger partial charge is 0.333 e. The van der Waals surface area contributed by atoms with Crippen LogP contribution < -0.4 is 4.74 Å². The summed E-state index contributed by atoms with van der Waals surface area (Å²) in [7, 11) is 4.06. The van der Waals surface area contributed by atoms with Crippen molar-refractivity contribution in [2.24, 2.45) is 5.41 Å². The highest BCUT2D eigenvalue weighted by atomic mass is 16.5. The van der Waals surface area contributed by atoms with E-state index in [0.29, 0.717) is 11.1 Å². The van der Waals surface area contributed by atoms with Crippen LogP contribution in [0.5, 0.6) is 5.75 Å². The first-order valence-corrected chi connectivity index (χ1v) is 8.23. The Morgan fingerprint density at radius 1 is 0.815 bits per heavy atom. The van der Waals surface area contributed by atoms with Crippen LogP contribution in [0.2, 0.25) is 0 Å². The summed E-state index contributed by atoms with van der Waals surface area (Å²) in [5.41, 5.74) is 0.759. The molecule has 0 aromatic heterocycles. The molecule has 2 aromatic carbocycles. The molecule has 3 rings (SSSR count). The Kier molecular flexibility index (Phi) is 5.00. The van der Waals surface area contributed by atoms with Crippen LogP contribution in [0.1, 0.15) is 11.1 Å². The third-order valence-corrected chi connectivity index (χ3v) is 4.40. The van der Waals surface area contributed by atoms with E-state index in [1.54, 1.807) is 31.4 Å². The van der Waals surface area contributed by atoms with Gasteiger partial charge in [-0.3, -0.25) is 9.59 Å². The summed E-state index contributed by atoms with van der Waals surface area (Å²) in [4.78, 5) is 25.1. The van der Waals surface area contributed by atoms with Gasteiger partial charge in [0.05, 0.1) is 21.3 Å². The number of ether oxygens (including phenoxy) is 3. The van der Waals surface area contributed by atoms with E-state index in [-0.39, 0.29) is 0 Å². The Labute approximate surface area is 157 Å². The normalized spacial score (nSPS) is 13.9. The number of methoxy groups -OCH3 is 3. The fourth-order valence-electron chi connectivity index (χ4n) is 3.01. The molecule has 0 heterocycles. The number of rotatable bonds is 4. The average Bonchev–Trinajstić information content (AvgIpc) is 3.41. The van der Waals surface area contributed by atoms with Crippen LogP contribution in [0.25, 0.3) is 5.57 Å². The lowest BCUT2D eigenvalue weighted by Gasteiger charge is -2.14. The molecule has 0 unspecified atom stereocenters. The largest absolute Gasteiger partial charge is 0.497 e. The molecule has 5 nitrogen and oxygen atoms in total. The molecule has 2 aromatic rings. The third kappa shape index (κ3) is 3.06. The van der Waals surface area contributed by atoms with Crippen molar-refractivity contribution in [1.29, 1.82) is 0 Å². The van der Waals surface area contributed by atoms with E-state index in [1.807, 2.05) is 30.3 Å². The minimum absolute atomic E-state index is 0.392. The number of carbonyl (C=O) groups excluding carboxylic acids is 2. The summed E-state index contributed by atoms with van der Waals surface area (Å²) in [6.07, 6.45) is 0. The monoisotopic (exact) mass is 362 g/mol. The summed E-state index contributed by atoms with van der Waals surface area (Å²) < 4.78 is 14.9. The van der Waals surface area contributed by atoms with Crippen LogP contribution in [0.3, 0.4) is 0 Å². The van der Waals surface area contributed by atoms with Gasteiger partial charge >= 0.3 is 11.9 Å². The summed E-state index contributed by atoms with van der Waals surface area (Å²) in [6.45, 7) is 0. The van der Waals surface area contributed by atoms with Crippen molar-refractivity contribution in [3.05, 3.63) is 71.3 Å². The van der Waals surface area contributed by atoms with Gasteiger partial charge in [0.25, 0.3) is 0 Å². The molecular formula is C22H18O5. The molecule has 0 saturated carbocycles. The summed E-state index contributed by atoms with van der Waals surface area (Å²) in [5.74, 6) is 5.27. The predicted octanol–water partition coefficient (Wildman–Crippen LogP) is 2.85. The maximum Gasteiger partial charge on any atom is 0.333 e. The molecule has 0 radical (unpaired) electrons. The lowest BCUT2D eigenvalue weighted by Crippen LogP contribution is -2.32. The highest BCUT2D eigenvalue weighted by molar-refractivity contribution is 6.27. The van der Waals surface area contributed by atoms with Gasteiger partial charge in [0.1, 0.15) is 5.75 Å². The fourth-order valence-corrected chi connectivity index (χ4v) is 3.01. The van der Waals surface area contributed by atoms with Crippen LogP contribution in [0, 0.1) is 17.3 Å². The van der Waals surface area contributed by atoms with Crippen molar-refractivity contribution in [1.82, 2.24) is 0 Å². The van der Waals surface area contributed by atoms with E-state index in [2.05, 4.69) is 11.8 Å². The highest BCUT2D eigenvalue weighted by Crippen LogP contribution is 2.59. The Bertz CT molecular complexity index is 943. The van der Waals surface area contributed by atoms with Crippen LogP contribution >= 0.6 is 0 Å². The van der Waals surface area contributed by atoms with Gasteiger partial charge in [-0.25, -0.2) is 0 Å². The van der Waals surface area contributed by atoms with E-state index < -0.39 is 17.4 Å². The maximum atomic E-state index is 12.5. The van der Waals surface area contributed by atoms with Gasteiger partial charge in [0.15, 0.2) is 0 Å². The van der Waals surface area contributed by atoms with Gasteiger partial charge in [-0.1, -0.05) is 42.2 Å². The molecule has 5 heteroatoms. The molecule has 136 valence electrons. The standard InChI is InChI=1S/C22H18O5/c1-25-17-12-9-15(10-13-17)11-14-18-19(16-7-5-4-6-8-16)22(18,20(23)26-2)21(24)27-3/h4-10,12-13H,1-3H3. The number of benzene rings is 2. The maximum absolute atomic E-state index is 12.5. The van der Waals surface area contributed by atoms with Gasteiger partial charge in [-0.05, 0) is 29.8 Å². The van der Waals surface area contributed by atoms with Crippen molar-refractivity contribution < 1.29 is 23.8 Å². The second kappa shape index (κ2) is 7.38. The third-order valence-electron chi connectivity index (χ3n) is 4.40. The second-order valence-corrected chi connectivity index (χ2v) is 5.83. The summed E-state index contributed by atoms with van der Waals surface area (Å²) >= 11 is 0. The lowest BCUT2D eigenvalue weighted by molar-refractivity contribution is -0.159. The zero-order chi connectivity index (χ0) is 19.4. The molecule has 1 aliphatic rings. The van der Waals surface area contributed by atoms with Gasteiger partial charge < -0.3 is 14.2 Å². The lowest BCUT2D eigenvalue weighted by atomic mass is 9.94. The topological polar surface area (TPSA) is 61.8 Å². The molecule has 0 fully saturated rings. The van der Waals surface area contributed by atoms with Crippen LogP contribution in [0.4, 0.5) is 0 Å². The van der Waals surface area contributed by atoms with Gasteiger partial charge in [0, 0.05) is 16.7 Å². The number of hydrogen-bond acceptors (Lipinski definition) is 5. The van der Waals surface area contributed by atoms with Crippen LogP contribution in [-0.2, 0) is 19.1 Å². The van der Waals surface area contributed by atoms with E-state index >= 15 is 0 Å². The van der Waals surface area contributed by atoms with Crippen molar-refractivity contribution in [2.45, 2.75) is 0 Å². The Morgan fingerprint density at radius 3 is 1.93 bits per heavy atom. The number of hydrogen-bond donors (Lipinski definition) is 0. The van der Waals surface area contributed by atoms with Crippen LogP contribution in [-0.4, -0.2) is 33.3 Å². The van der Waals surface area contributed by atoms with Crippen molar-refractivity contribution in [3.8, 4) is 17.6 Å². The molecule has 0 N–H and O–H groups in total. The Hall–Kier alpha value is -3.52. The summed E-state index contributed by atoms with van der Waals surface area (Å²) in [6, 6.07) is 16.3. The number of esters is 2. The van der Waals surface area contributed by atoms with Crippen molar-refractivity contribution in [3.63, 3.8) is 0 Å². The molecule has 0 amide bonds. The SMILES string of the molecule is COC(=O)C1(C(=O)OC)C(C#Cc2ccc(OC)cc2)=C1c1ccccc1. The quantitative estimate of drug-likeness (QED) is 0.475. The molecule has 27 heavy (non-hydrogen) atoms. The second-order valence-electron chi connectivity index (χ2n) is 5.83. The molecule has 0 spiro atoms. The zero-order valence-corrected chi connectivity index (χ0v) is 15.2. The van der Waals surface area contributed by atoms with E-state index in [4.69, 9.17) is 14.2 Å². The molecule has 1 aliphatic carbocycles. The highest BCUT2D eigenvalue weighted by Gasteiger charge is 2.67. The van der Waals surface area contributed by atoms with E-state index in [9.17, 15) is 9.59 Å². The number of carbonyl (C=O) groups is 2. The molecular weight excluding hydrogens is 344 g/mol. The molecule has 0 aliphatic heterocycles. The van der Waals surface area contributed by atoms with Gasteiger partial charge in [-0.2, -0.15) is 0 Å². The van der Waals surface area contributed by atoms with Crippen molar-refractivity contribution >= 4 is 17.5 Å². The predicted molar refractivity (Wildman–Crippen MR) is 99.7 cm³/mol. The first kappa shape index (κ1) is 18.3. The van der Waals surface area contributed by atoms with Gasteiger partial charge in [0.2, 0.25) is 5.41 Å². The Balaban J connectivity index is 2.07. The minimum Gasteiger partial charge on any atom is -0.497 e. The first-order valence-electron chi connectivity index (χ1n) is 8.23. The minimum atomic E-state index is -1.61. The average molecular weight is 362 g/mol. The zero-order valence-electron chi connectivity index (χ0n) is 15.2. The summed E-state index contributed by atoms with van der Waals surface area (Å²) in [5, 5.41) is 0. The van der Waals surface area contributed by atoms with E-state index in [1.165, 1.54) is 14.2 Å². The Morgan fingerprint density at radius 2 is 1.41 bits per heavy atom. The first-order chi connectivity index (χ1) is 13.1. The van der Waals surface area contributed by atoms with Crippen molar-refractivity contribution in [2.75, 3.05) is 21.3 Å². The molecule has 0 bridgehead atoms. The molecule has 0 saturated heterocycles. The van der Waals surface area contributed by atoms with Gasteiger partial charge in [-0.15, -0.1) is 0 Å².